The third-order valence-electron chi connectivity index (χ3n) is 3.22. The Morgan fingerprint density at radius 3 is 2.11 bits per heavy atom. The molecule has 0 saturated carbocycles. The molecular weight excluding hydrogens is 234 g/mol. The molecule has 0 bridgehead atoms. The molecule has 1 atom stereocenters. The normalized spacial score (nSPS) is 18.1. The maximum absolute atomic E-state index is 12.0. The summed E-state index contributed by atoms with van der Waals surface area (Å²) in [6.07, 6.45) is 0. The lowest BCUT2D eigenvalue weighted by Gasteiger charge is -2.36. The minimum absolute atomic E-state index is 0.0242. The van der Waals surface area contributed by atoms with E-state index in [0.29, 0.717) is 26.2 Å². The zero-order chi connectivity index (χ0) is 13.7. The molecule has 2 amide bonds. The third-order valence-corrected chi connectivity index (χ3v) is 3.22. The van der Waals surface area contributed by atoms with E-state index in [1.807, 2.05) is 13.8 Å². The predicted octanol–water partition coefficient (Wildman–Crippen LogP) is -0.713. The fourth-order valence-corrected chi connectivity index (χ4v) is 1.89. The van der Waals surface area contributed by atoms with Crippen LogP contribution in [0.1, 0.15) is 13.8 Å². The van der Waals surface area contributed by atoms with Gasteiger partial charge in [0.25, 0.3) is 0 Å². The summed E-state index contributed by atoms with van der Waals surface area (Å²) in [5.74, 6) is 0.0762. The molecule has 6 heteroatoms. The summed E-state index contributed by atoms with van der Waals surface area (Å²) in [5, 5.41) is 0. The van der Waals surface area contributed by atoms with Crippen LogP contribution in [0.3, 0.4) is 0 Å². The minimum Gasteiger partial charge on any atom is -0.375 e. The van der Waals surface area contributed by atoms with Crippen LogP contribution >= 0.6 is 0 Å². The first-order valence-electron chi connectivity index (χ1n) is 6.28. The monoisotopic (exact) mass is 257 g/mol. The van der Waals surface area contributed by atoms with Gasteiger partial charge in [-0.25, -0.2) is 0 Å². The van der Waals surface area contributed by atoms with Gasteiger partial charge in [0.1, 0.15) is 6.61 Å². The van der Waals surface area contributed by atoms with Gasteiger partial charge in [0.2, 0.25) is 11.8 Å². The van der Waals surface area contributed by atoms with E-state index in [-0.39, 0.29) is 24.3 Å². The summed E-state index contributed by atoms with van der Waals surface area (Å²) in [6.45, 7) is 6.17. The van der Waals surface area contributed by atoms with Gasteiger partial charge in [-0.1, -0.05) is 13.8 Å². The van der Waals surface area contributed by atoms with Crippen LogP contribution in [0.2, 0.25) is 0 Å². The van der Waals surface area contributed by atoms with E-state index < -0.39 is 6.04 Å². The highest BCUT2D eigenvalue weighted by Crippen LogP contribution is 2.08. The second-order valence-electron chi connectivity index (χ2n) is 4.91. The molecule has 104 valence electrons. The molecule has 1 aliphatic heterocycles. The molecule has 0 aromatic rings. The molecule has 0 aromatic carbocycles. The average molecular weight is 257 g/mol. The standard InChI is InChI=1S/C12H23N3O3/c1-9(2)11(13)12(17)15-6-4-14(5-7-15)10(16)8-18-3/h9,11H,4-8,13H2,1-3H3/t11-/m0/s1. The Kier molecular flexibility index (Phi) is 5.55. The van der Waals surface area contributed by atoms with Gasteiger partial charge in [0.15, 0.2) is 0 Å². The number of rotatable bonds is 4. The third kappa shape index (κ3) is 3.68. The first kappa shape index (κ1) is 14.9. The molecule has 1 aliphatic rings. The first-order valence-corrected chi connectivity index (χ1v) is 6.28. The van der Waals surface area contributed by atoms with Gasteiger partial charge in [-0.05, 0) is 5.92 Å². The van der Waals surface area contributed by atoms with Crippen molar-refractivity contribution in [3.8, 4) is 0 Å². The molecular formula is C12H23N3O3. The van der Waals surface area contributed by atoms with E-state index in [4.69, 9.17) is 10.5 Å². The lowest BCUT2D eigenvalue weighted by molar-refractivity contribution is -0.142. The van der Waals surface area contributed by atoms with Crippen LogP contribution < -0.4 is 5.73 Å². The first-order chi connectivity index (χ1) is 8.47. The Morgan fingerprint density at radius 1 is 1.17 bits per heavy atom. The van der Waals surface area contributed by atoms with E-state index in [1.165, 1.54) is 7.11 Å². The van der Waals surface area contributed by atoms with E-state index in [9.17, 15) is 9.59 Å². The Morgan fingerprint density at radius 2 is 1.67 bits per heavy atom. The Balaban J connectivity index is 2.44. The molecule has 0 unspecified atom stereocenters. The largest absolute Gasteiger partial charge is 0.375 e. The molecule has 0 aromatic heterocycles. The summed E-state index contributed by atoms with van der Waals surface area (Å²) in [5.41, 5.74) is 5.84. The lowest BCUT2D eigenvalue weighted by atomic mass is 10.0. The van der Waals surface area contributed by atoms with Gasteiger partial charge in [-0.3, -0.25) is 9.59 Å². The van der Waals surface area contributed by atoms with Gasteiger partial charge < -0.3 is 20.3 Å². The number of piperazine rings is 1. The number of carbonyl (C=O) groups excluding carboxylic acids is 2. The predicted molar refractivity (Wildman–Crippen MR) is 67.8 cm³/mol. The van der Waals surface area contributed by atoms with Crippen LogP contribution in [-0.2, 0) is 14.3 Å². The van der Waals surface area contributed by atoms with E-state index in [1.54, 1.807) is 9.80 Å². The molecule has 1 fully saturated rings. The molecule has 1 saturated heterocycles. The van der Waals surface area contributed by atoms with Crippen molar-refractivity contribution in [3.05, 3.63) is 0 Å². The number of nitrogens with two attached hydrogens (primary N) is 1. The Labute approximate surface area is 108 Å². The number of nitrogens with zero attached hydrogens (tertiary/aromatic N) is 2. The Bertz CT molecular complexity index is 299. The van der Waals surface area contributed by atoms with Crippen LogP contribution in [0.25, 0.3) is 0 Å². The van der Waals surface area contributed by atoms with Gasteiger partial charge in [-0.15, -0.1) is 0 Å². The van der Waals surface area contributed by atoms with Crippen molar-refractivity contribution in [1.29, 1.82) is 0 Å². The van der Waals surface area contributed by atoms with Crippen molar-refractivity contribution in [2.45, 2.75) is 19.9 Å². The van der Waals surface area contributed by atoms with Gasteiger partial charge in [0.05, 0.1) is 6.04 Å². The lowest BCUT2D eigenvalue weighted by Crippen LogP contribution is -2.55. The topological polar surface area (TPSA) is 75.9 Å². The number of carbonyl (C=O) groups is 2. The minimum atomic E-state index is -0.453. The fourth-order valence-electron chi connectivity index (χ4n) is 1.89. The van der Waals surface area contributed by atoms with Gasteiger partial charge in [0, 0.05) is 33.3 Å². The zero-order valence-corrected chi connectivity index (χ0v) is 11.4. The Hall–Kier alpha value is -1.14. The number of hydrogen-bond acceptors (Lipinski definition) is 4. The van der Waals surface area contributed by atoms with Crippen molar-refractivity contribution in [1.82, 2.24) is 9.80 Å². The van der Waals surface area contributed by atoms with Crippen molar-refractivity contribution in [2.24, 2.45) is 11.7 Å². The van der Waals surface area contributed by atoms with E-state index in [2.05, 4.69) is 0 Å². The summed E-state index contributed by atoms with van der Waals surface area (Å²) in [4.78, 5) is 27.1. The summed E-state index contributed by atoms with van der Waals surface area (Å²) < 4.78 is 4.81. The number of ether oxygens (including phenoxy) is 1. The number of methoxy groups -OCH3 is 1. The van der Waals surface area contributed by atoms with Crippen molar-refractivity contribution < 1.29 is 14.3 Å². The molecule has 0 spiro atoms. The summed E-state index contributed by atoms with van der Waals surface area (Å²) in [7, 11) is 1.50. The van der Waals surface area contributed by atoms with Crippen LogP contribution in [0.4, 0.5) is 0 Å². The molecule has 1 rings (SSSR count). The number of hydrogen-bond donors (Lipinski definition) is 1. The average Bonchev–Trinajstić information content (AvgIpc) is 2.37. The smallest absolute Gasteiger partial charge is 0.248 e. The number of amides is 2. The molecule has 1 heterocycles. The molecule has 18 heavy (non-hydrogen) atoms. The summed E-state index contributed by atoms with van der Waals surface area (Å²) in [6, 6.07) is -0.453. The fraction of sp³-hybridized carbons (Fsp3) is 0.833. The molecule has 2 N–H and O–H groups in total. The van der Waals surface area contributed by atoms with Crippen molar-refractivity contribution in [2.75, 3.05) is 39.9 Å². The maximum Gasteiger partial charge on any atom is 0.248 e. The van der Waals surface area contributed by atoms with Gasteiger partial charge >= 0.3 is 0 Å². The molecule has 0 radical (unpaired) electrons. The van der Waals surface area contributed by atoms with Crippen LogP contribution in [0.5, 0.6) is 0 Å². The summed E-state index contributed by atoms with van der Waals surface area (Å²) >= 11 is 0. The second-order valence-corrected chi connectivity index (χ2v) is 4.91. The van der Waals surface area contributed by atoms with Crippen molar-refractivity contribution in [3.63, 3.8) is 0 Å². The van der Waals surface area contributed by atoms with E-state index in [0.717, 1.165) is 0 Å². The highest BCUT2D eigenvalue weighted by molar-refractivity contribution is 5.82. The maximum atomic E-state index is 12.0. The molecule has 6 nitrogen and oxygen atoms in total. The highest BCUT2D eigenvalue weighted by atomic mass is 16.5. The van der Waals surface area contributed by atoms with Crippen LogP contribution in [0.15, 0.2) is 0 Å². The van der Waals surface area contributed by atoms with Crippen molar-refractivity contribution >= 4 is 11.8 Å². The van der Waals surface area contributed by atoms with Crippen LogP contribution in [-0.4, -0.2) is 67.6 Å². The van der Waals surface area contributed by atoms with Gasteiger partial charge in [-0.2, -0.15) is 0 Å². The highest BCUT2D eigenvalue weighted by Gasteiger charge is 2.28. The SMILES string of the molecule is COCC(=O)N1CCN(C(=O)[C@@H](N)C(C)C)CC1. The second kappa shape index (κ2) is 6.70. The van der Waals surface area contributed by atoms with Crippen LogP contribution in [0, 0.1) is 5.92 Å². The molecule has 0 aliphatic carbocycles. The van der Waals surface area contributed by atoms with E-state index >= 15 is 0 Å². The quantitative estimate of drug-likeness (QED) is 0.721. The zero-order valence-electron chi connectivity index (χ0n) is 11.4.